The number of carbonyl (C=O) groups is 1. The first-order chi connectivity index (χ1) is 13.9. The fourth-order valence-electron chi connectivity index (χ4n) is 4.38. The second-order valence-electron chi connectivity index (χ2n) is 8.19. The largest absolute Gasteiger partial charge is 0.509 e. The highest BCUT2D eigenvalue weighted by atomic mass is 16.3. The van der Waals surface area contributed by atoms with Gasteiger partial charge in [0.2, 0.25) is 0 Å². The summed E-state index contributed by atoms with van der Waals surface area (Å²) in [6.07, 6.45) is 2.39. The summed E-state index contributed by atoms with van der Waals surface area (Å²) in [6, 6.07) is 14.1. The summed E-state index contributed by atoms with van der Waals surface area (Å²) < 4.78 is 8.45. The minimum Gasteiger partial charge on any atom is -0.509 e. The van der Waals surface area contributed by atoms with E-state index in [9.17, 15) is 15.0 Å². The Morgan fingerprint density at radius 3 is 2.39 bits per heavy atom. The van der Waals surface area contributed by atoms with Crippen molar-refractivity contribution in [2.75, 3.05) is 6.61 Å². The number of hydrogen-bond acceptors (Lipinski definition) is 3. The Hall–Kier alpha value is -2.59. The number of nitrogens with one attached hydrogen (secondary N) is 1. The monoisotopic (exact) mass is 378 g/mol. The van der Waals surface area contributed by atoms with E-state index in [2.05, 4.69) is 0 Å². The van der Waals surface area contributed by atoms with Crippen LogP contribution in [0.15, 0.2) is 48.2 Å². The van der Waals surface area contributed by atoms with Crippen LogP contribution in [0.5, 0.6) is 0 Å². The van der Waals surface area contributed by atoms with E-state index in [0.717, 1.165) is 22.0 Å². The van der Waals surface area contributed by atoms with Crippen LogP contribution in [-0.2, 0) is 4.79 Å². The molecule has 1 fully saturated rings. The van der Waals surface area contributed by atoms with Gasteiger partial charge in [0.05, 0.1) is 11.1 Å². The second-order valence-corrected chi connectivity index (χ2v) is 8.19. The Labute approximate surface area is 167 Å². The zero-order valence-electron chi connectivity index (χ0n) is 17.4. The number of amides is 1. The number of benzene rings is 2. The zero-order valence-corrected chi connectivity index (χ0v) is 16.4. The van der Waals surface area contributed by atoms with Crippen LogP contribution in [0.4, 0.5) is 0 Å². The van der Waals surface area contributed by atoms with Crippen LogP contribution in [0.25, 0.3) is 16.7 Å². The predicted octanol–water partition coefficient (Wildman–Crippen LogP) is 4.29. The molecule has 2 aromatic rings. The maximum absolute atomic E-state index is 13.1. The van der Waals surface area contributed by atoms with E-state index in [1.165, 1.54) is 5.56 Å². The molecule has 1 heterocycles. The summed E-state index contributed by atoms with van der Waals surface area (Å²) in [5.74, 6) is -0.264. The van der Waals surface area contributed by atoms with Crippen LogP contribution in [0.2, 0.25) is 1.41 Å². The van der Waals surface area contributed by atoms with Crippen molar-refractivity contribution in [1.82, 2.24) is 5.31 Å². The zero-order chi connectivity index (χ0) is 20.8. The summed E-state index contributed by atoms with van der Waals surface area (Å²) >= 11 is 0. The fourth-order valence-corrected chi connectivity index (χ4v) is 4.38. The molecule has 4 nitrogen and oxygen atoms in total. The van der Waals surface area contributed by atoms with Crippen LogP contribution in [0, 0.1) is 19.8 Å². The maximum atomic E-state index is 13.1. The summed E-state index contributed by atoms with van der Waals surface area (Å²) in [4.78, 5) is 13.1. The smallest absolute Gasteiger partial charge is 0.256 e. The molecule has 1 amide bonds. The van der Waals surface area contributed by atoms with Gasteiger partial charge in [-0.1, -0.05) is 42.0 Å². The molecule has 0 atom stereocenters. The normalized spacial score (nSPS) is 25.5. The highest BCUT2D eigenvalue weighted by Crippen LogP contribution is 2.43. The Balaban J connectivity index is 1.78. The van der Waals surface area contributed by atoms with E-state index in [4.69, 9.17) is 1.41 Å². The van der Waals surface area contributed by atoms with Gasteiger partial charge in [-0.05, 0) is 73.8 Å². The van der Waals surface area contributed by atoms with Crippen molar-refractivity contribution in [3.63, 3.8) is 0 Å². The Kier molecular flexibility index (Phi) is 4.44. The van der Waals surface area contributed by atoms with Gasteiger partial charge >= 0.3 is 0 Å². The van der Waals surface area contributed by atoms with Gasteiger partial charge in [-0.3, -0.25) is 4.79 Å². The first kappa shape index (κ1) is 17.5. The molecule has 0 saturated heterocycles. The highest BCUT2D eigenvalue weighted by Gasteiger charge is 2.47. The fraction of sp³-hybridized carbons (Fsp3) is 0.375. The first-order valence-corrected chi connectivity index (χ1v) is 9.93. The van der Waals surface area contributed by atoms with E-state index in [1.807, 2.05) is 56.3 Å². The second kappa shape index (κ2) is 7.10. The molecule has 0 aromatic heterocycles. The molecule has 146 valence electrons. The summed E-state index contributed by atoms with van der Waals surface area (Å²) in [7, 11) is 0. The van der Waals surface area contributed by atoms with Crippen molar-refractivity contribution in [1.29, 1.82) is 0 Å². The van der Waals surface area contributed by atoms with Crippen molar-refractivity contribution in [3.05, 3.63) is 64.9 Å². The van der Waals surface area contributed by atoms with Crippen molar-refractivity contribution in [2.45, 2.75) is 45.1 Å². The lowest BCUT2D eigenvalue weighted by Gasteiger charge is -2.36. The molecular weight excluding hydrogens is 350 g/mol. The predicted molar refractivity (Wildman–Crippen MR) is 111 cm³/mol. The minimum absolute atomic E-state index is 0.0121. The number of hydrogen-bond donors (Lipinski definition) is 3. The number of rotatable bonds is 3. The maximum Gasteiger partial charge on any atom is 0.256 e. The molecule has 2 aromatic carbocycles. The third-order valence-electron chi connectivity index (χ3n) is 6.29. The molecule has 0 bridgehead atoms. The lowest BCUT2D eigenvalue weighted by atomic mass is 9.76. The van der Waals surface area contributed by atoms with Crippen LogP contribution >= 0.6 is 0 Å². The minimum atomic E-state index is -0.968. The number of aliphatic hydroxyl groups is 2. The van der Waals surface area contributed by atoms with Crippen molar-refractivity contribution < 1.29 is 16.4 Å². The SMILES string of the molecule is [2H]N1C(=O)C(c2cc(-c3ccc(C)cc3)ccc2C)=C(O)C12CCC(CO)CC2. The molecular formula is C24H27NO3. The third kappa shape index (κ3) is 3.12. The van der Waals surface area contributed by atoms with Crippen LogP contribution in [0.1, 0.15) is 42.4 Å². The van der Waals surface area contributed by atoms with Crippen molar-refractivity contribution in [2.24, 2.45) is 5.92 Å². The molecule has 1 aliphatic carbocycles. The average molecular weight is 378 g/mol. The Bertz CT molecular complexity index is 972. The quantitative estimate of drug-likeness (QED) is 0.746. The van der Waals surface area contributed by atoms with E-state index in [1.54, 1.807) is 0 Å². The van der Waals surface area contributed by atoms with E-state index >= 15 is 0 Å². The van der Waals surface area contributed by atoms with Gasteiger partial charge < -0.3 is 15.5 Å². The van der Waals surface area contributed by atoms with Crippen LogP contribution in [-0.4, -0.2) is 28.3 Å². The first-order valence-electron chi connectivity index (χ1n) is 10.4. The molecule has 1 spiro atoms. The van der Waals surface area contributed by atoms with Gasteiger partial charge in [0.15, 0.2) is 1.41 Å². The average Bonchev–Trinajstić information content (AvgIpc) is 2.91. The molecule has 3 N–H and O–H groups in total. The van der Waals surface area contributed by atoms with Gasteiger partial charge in [0.25, 0.3) is 5.91 Å². The molecule has 1 saturated carbocycles. The molecule has 28 heavy (non-hydrogen) atoms. The third-order valence-corrected chi connectivity index (χ3v) is 6.29. The lowest BCUT2D eigenvalue weighted by molar-refractivity contribution is -0.116. The van der Waals surface area contributed by atoms with Crippen molar-refractivity contribution in [3.8, 4) is 11.1 Å². The van der Waals surface area contributed by atoms with Crippen LogP contribution in [0.3, 0.4) is 0 Å². The molecule has 0 radical (unpaired) electrons. The van der Waals surface area contributed by atoms with Gasteiger partial charge in [-0.2, -0.15) is 0 Å². The highest BCUT2D eigenvalue weighted by molar-refractivity contribution is 6.23. The van der Waals surface area contributed by atoms with Gasteiger partial charge in [0.1, 0.15) is 5.76 Å². The molecule has 4 heteroatoms. The summed E-state index contributed by atoms with van der Waals surface area (Å²) in [6.45, 7) is 4.07. The van der Waals surface area contributed by atoms with Gasteiger partial charge in [-0.15, -0.1) is 0 Å². The number of aryl methyl sites for hydroxylation is 2. The van der Waals surface area contributed by atoms with E-state index in [0.29, 0.717) is 31.2 Å². The lowest BCUT2D eigenvalue weighted by Crippen LogP contribution is -2.47. The summed E-state index contributed by atoms with van der Waals surface area (Å²) in [5, 5.41) is 21.6. The molecule has 4 rings (SSSR count). The molecule has 2 aliphatic rings. The van der Waals surface area contributed by atoms with E-state index in [-0.39, 0.29) is 23.9 Å². The van der Waals surface area contributed by atoms with Crippen LogP contribution < -0.4 is 5.31 Å². The molecule has 0 unspecified atom stereocenters. The van der Waals surface area contributed by atoms with Gasteiger partial charge in [0, 0.05) is 6.61 Å². The van der Waals surface area contributed by atoms with Gasteiger partial charge in [-0.25, -0.2) is 0 Å². The summed E-state index contributed by atoms with van der Waals surface area (Å²) in [5.41, 5.74) is 4.05. The Morgan fingerprint density at radius 2 is 1.75 bits per heavy atom. The topological polar surface area (TPSA) is 69.6 Å². The number of carbonyl (C=O) groups excluding carboxylic acids is 1. The van der Waals surface area contributed by atoms with Crippen molar-refractivity contribution >= 4 is 11.5 Å². The van der Waals surface area contributed by atoms with E-state index < -0.39 is 11.4 Å². The standard InChI is InChI=1S/C24H27NO3/c1-15-3-6-18(7-4-15)19-8-5-16(2)20(13-19)21-22(27)24(25-23(21)28)11-9-17(14-26)10-12-24/h3-8,13,17,26-27H,9-12,14H2,1-2H3,(H,25,28)/i/hD. The number of aliphatic hydroxyl groups excluding tert-OH is 2. The Morgan fingerprint density at radius 1 is 1.11 bits per heavy atom. The molecule has 1 aliphatic heterocycles.